The Labute approximate surface area is 65.2 Å². The van der Waals surface area contributed by atoms with Gasteiger partial charge in [0, 0.05) is 0 Å². The van der Waals surface area contributed by atoms with Crippen LogP contribution in [0.25, 0.3) is 0 Å². The molecule has 10 heavy (non-hydrogen) atoms. The van der Waals surface area contributed by atoms with Crippen molar-refractivity contribution in [3.8, 4) is 0 Å². The molecule has 0 bridgehead atoms. The molecule has 0 radical (unpaired) electrons. The molecule has 1 aliphatic heterocycles. The minimum atomic E-state index is 0.182. The molecule has 0 amide bonds. The van der Waals surface area contributed by atoms with E-state index in [9.17, 15) is 0 Å². The third kappa shape index (κ3) is 3.46. The Morgan fingerprint density at radius 1 is 0.900 bits per heavy atom. The maximum atomic E-state index is 2.26. The van der Waals surface area contributed by atoms with E-state index in [1.165, 1.54) is 19.3 Å². The smallest absolute Gasteiger partial charge is 0.0691 e. The SMILES string of the molecule is C1=CCCC1.C1=C[SiH2]C=C1. The zero-order valence-electron chi connectivity index (χ0n) is 6.29. The second-order valence-corrected chi connectivity index (χ2v) is 3.91. The first-order valence-electron chi connectivity index (χ1n) is 3.97. The summed E-state index contributed by atoms with van der Waals surface area (Å²) in [6.45, 7) is 0. The van der Waals surface area contributed by atoms with Gasteiger partial charge in [0.2, 0.25) is 0 Å². The summed E-state index contributed by atoms with van der Waals surface area (Å²) >= 11 is 0. The van der Waals surface area contributed by atoms with Crippen molar-refractivity contribution in [1.82, 2.24) is 0 Å². The summed E-state index contributed by atoms with van der Waals surface area (Å²) in [4.78, 5) is 0. The highest BCUT2D eigenvalue weighted by Crippen LogP contribution is 2.05. The topological polar surface area (TPSA) is 0 Å². The second-order valence-electron chi connectivity index (χ2n) is 2.49. The highest BCUT2D eigenvalue weighted by atomic mass is 28.2. The maximum absolute atomic E-state index is 2.26. The third-order valence-corrected chi connectivity index (χ3v) is 2.65. The third-order valence-electron chi connectivity index (χ3n) is 1.56. The number of rotatable bonds is 0. The Morgan fingerprint density at radius 2 is 1.50 bits per heavy atom. The first-order chi connectivity index (χ1) is 5.00. The van der Waals surface area contributed by atoms with Gasteiger partial charge in [-0.3, -0.25) is 0 Å². The molecule has 1 heterocycles. The molecule has 1 heteroatoms. The molecule has 0 aromatic carbocycles. The van der Waals surface area contributed by atoms with E-state index in [2.05, 4.69) is 35.7 Å². The molecule has 0 unspecified atom stereocenters. The van der Waals surface area contributed by atoms with Gasteiger partial charge in [-0.25, -0.2) is 0 Å². The molecule has 0 aromatic rings. The van der Waals surface area contributed by atoms with Gasteiger partial charge in [0.15, 0.2) is 0 Å². The largest absolute Gasteiger partial charge is 0.0969 e. The van der Waals surface area contributed by atoms with Crippen LogP contribution in [0.2, 0.25) is 0 Å². The van der Waals surface area contributed by atoms with Gasteiger partial charge in [-0.05, 0) is 19.3 Å². The molecule has 0 N–H and O–H groups in total. The summed E-state index contributed by atoms with van der Waals surface area (Å²) in [6, 6.07) is 0. The van der Waals surface area contributed by atoms with Gasteiger partial charge in [0.05, 0.1) is 9.52 Å². The lowest BCUT2D eigenvalue weighted by atomic mass is 10.4. The summed E-state index contributed by atoms with van der Waals surface area (Å²) < 4.78 is 0. The van der Waals surface area contributed by atoms with Crippen LogP contribution in [0.15, 0.2) is 35.7 Å². The van der Waals surface area contributed by atoms with E-state index in [0.29, 0.717) is 0 Å². The first-order valence-corrected chi connectivity index (χ1v) is 5.60. The van der Waals surface area contributed by atoms with Gasteiger partial charge in [-0.2, -0.15) is 0 Å². The normalized spacial score (nSPS) is 19.2. The van der Waals surface area contributed by atoms with Crippen molar-refractivity contribution in [3.63, 3.8) is 0 Å². The van der Waals surface area contributed by atoms with Crippen LogP contribution >= 0.6 is 0 Å². The molecule has 0 nitrogen and oxygen atoms in total. The average molecular weight is 150 g/mol. The lowest BCUT2D eigenvalue weighted by molar-refractivity contribution is 0.929. The van der Waals surface area contributed by atoms with Gasteiger partial charge >= 0.3 is 0 Å². The van der Waals surface area contributed by atoms with E-state index < -0.39 is 0 Å². The Bertz CT molecular complexity index is 138. The number of hydrogen-bond acceptors (Lipinski definition) is 0. The fourth-order valence-electron chi connectivity index (χ4n) is 0.982. The van der Waals surface area contributed by atoms with Crippen molar-refractivity contribution in [3.05, 3.63) is 35.7 Å². The molecule has 0 saturated carbocycles. The van der Waals surface area contributed by atoms with Gasteiger partial charge in [0.25, 0.3) is 0 Å². The van der Waals surface area contributed by atoms with Crippen LogP contribution in [0.3, 0.4) is 0 Å². The molecular formula is C9H14Si. The predicted octanol–water partition coefficient (Wildman–Crippen LogP) is 1.92. The second kappa shape index (κ2) is 5.24. The van der Waals surface area contributed by atoms with Crippen LogP contribution in [0.5, 0.6) is 0 Å². The predicted molar refractivity (Wildman–Crippen MR) is 49.8 cm³/mol. The van der Waals surface area contributed by atoms with E-state index in [-0.39, 0.29) is 9.52 Å². The number of hydrogen-bond donors (Lipinski definition) is 0. The Balaban J connectivity index is 0.0000001000. The summed E-state index contributed by atoms with van der Waals surface area (Å²) in [6.07, 6.45) is 12.7. The van der Waals surface area contributed by atoms with Crippen molar-refractivity contribution >= 4 is 9.52 Å². The van der Waals surface area contributed by atoms with Crippen LogP contribution in [0.4, 0.5) is 0 Å². The van der Waals surface area contributed by atoms with Crippen molar-refractivity contribution in [1.29, 1.82) is 0 Å². The minimum Gasteiger partial charge on any atom is -0.0969 e. The molecular weight excluding hydrogens is 136 g/mol. The Kier molecular flexibility index (Phi) is 3.95. The van der Waals surface area contributed by atoms with Crippen LogP contribution in [-0.4, -0.2) is 9.52 Å². The fourth-order valence-corrected chi connectivity index (χ4v) is 1.77. The van der Waals surface area contributed by atoms with E-state index in [1.807, 2.05) is 0 Å². The van der Waals surface area contributed by atoms with Gasteiger partial charge < -0.3 is 0 Å². The van der Waals surface area contributed by atoms with E-state index in [0.717, 1.165) is 0 Å². The van der Waals surface area contributed by atoms with Crippen molar-refractivity contribution < 1.29 is 0 Å². The molecule has 54 valence electrons. The van der Waals surface area contributed by atoms with Gasteiger partial charge in [0.1, 0.15) is 0 Å². The van der Waals surface area contributed by atoms with Crippen LogP contribution in [0, 0.1) is 0 Å². The lowest BCUT2D eigenvalue weighted by Crippen LogP contribution is -1.63. The maximum Gasteiger partial charge on any atom is 0.0691 e. The van der Waals surface area contributed by atoms with Crippen molar-refractivity contribution in [2.24, 2.45) is 0 Å². The van der Waals surface area contributed by atoms with E-state index in [1.54, 1.807) is 0 Å². The fraction of sp³-hybridized carbons (Fsp3) is 0.333. The molecule has 2 rings (SSSR count). The minimum absolute atomic E-state index is 0.182. The molecule has 0 fully saturated rings. The lowest BCUT2D eigenvalue weighted by Gasteiger charge is -1.69. The summed E-state index contributed by atoms with van der Waals surface area (Å²) in [5, 5.41) is 0. The number of allylic oxidation sites excluding steroid dienone is 4. The summed E-state index contributed by atoms with van der Waals surface area (Å²) in [5.74, 6) is 0. The van der Waals surface area contributed by atoms with E-state index in [4.69, 9.17) is 0 Å². The molecule has 2 aliphatic rings. The van der Waals surface area contributed by atoms with Crippen LogP contribution in [-0.2, 0) is 0 Å². The highest BCUT2D eigenvalue weighted by molar-refractivity contribution is 6.49. The van der Waals surface area contributed by atoms with Gasteiger partial charge in [-0.15, -0.1) is 0 Å². The molecule has 0 saturated heterocycles. The molecule has 0 aromatic heterocycles. The monoisotopic (exact) mass is 150 g/mol. The van der Waals surface area contributed by atoms with E-state index >= 15 is 0 Å². The average Bonchev–Trinajstić information content (AvgIpc) is 2.67. The zero-order valence-corrected chi connectivity index (χ0v) is 7.71. The standard InChI is InChI=1S/C5H8.C4H6Si/c2*1-2-4-5-3-1/h1-2H,3-5H2;1-4H,5H2. The Morgan fingerprint density at radius 3 is 1.70 bits per heavy atom. The van der Waals surface area contributed by atoms with Gasteiger partial charge in [-0.1, -0.05) is 35.7 Å². The highest BCUT2D eigenvalue weighted by Gasteiger charge is 1.84. The summed E-state index contributed by atoms with van der Waals surface area (Å²) in [7, 11) is 0.182. The Hall–Kier alpha value is -0.563. The van der Waals surface area contributed by atoms with Crippen LogP contribution in [0.1, 0.15) is 19.3 Å². The first kappa shape index (κ1) is 7.54. The van der Waals surface area contributed by atoms with Crippen molar-refractivity contribution in [2.75, 3.05) is 0 Å². The molecule has 1 aliphatic carbocycles. The quantitative estimate of drug-likeness (QED) is 0.365. The zero-order chi connectivity index (χ0) is 7.07. The van der Waals surface area contributed by atoms with Crippen LogP contribution < -0.4 is 0 Å². The molecule has 0 spiro atoms. The summed E-state index contributed by atoms with van der Waals surface area (Å²) in [5.41, 5.74) is 4.53. The molecule has 0 atom stereocenters. The van der Waals surface area contributed by atoms with Crippen molar-refractivity contribution in [2.45, 2.75) is 19.3 Å².